The van der Waals surface area contributed by atoms with Gasteiger partial charge in [-0.15, -0.1) is 0 Å². The van der Waals surface area contributed by atoms with Crippen molar-refractivity contribution in [3.8, 4) is 11.4 Å². The first-order valence-electron chi connectivity index (χ1n) is 9.65. The van der Waals surface area contributed by atoms with Gasteiger partial charge in [0.1, 0.15) is 18.0 Å². The number of aromatic nitrogens is 2. The Morgan fingerprint density at radius 1 is 1.32 bits per heavy atom. The topological polar surface area (TPSA) is 98.6 Å². The van der Waals surface area contributed by atoms with Gasteiger partial charge in [-0.05, 0) is 30.7 Å². The number of imidazole rings is 1. The van der Waals surface area contributed by atoms with E-state index in [1.165, 1.54) is 0 Å². The molecule has 4 N–H and O–H groups in total. The van der Waals surface area contributed by atoms with Crippen molar-refractivity contribution in [2.24, 2.45) is 0 Å². The normalized spacial score (nSPS) is 24.6. The van der Waals surface area contributed by atoms with E-state index in [1.54, 1.807) is 6.08 Å². The molecule has 0 bridgehead atoms. The number of benzene rings is 1. The van der Waals surface area contributed by atoms with Gasteiger partial charge in [0, 0.05) is 12.0 Å². The lowest BCUT2D eigenvalue weighted by molar-refractivity contribution is -0.179. The van der Waals surface area contributed by atoms with Crippen LogP contribution in [0.1, 0.15) is 50.2 Å². The van der Waals surface area contributed by atoms with E-state index in [0.717, 1.165) is 22.5 Å². The van der Waals surface area contributed by atoms with Gasteiger partial charge in [0.25, 0.3) is 0 Å². The number of nitrogens with one attached hydrogen (secondary N) is 1. The highest BCUT2D eigenvalue weighted by atomic mass is 16.5. The fourth-order valence-electron chi connectivity index (χ4n) is 3.20. The molecule has 1 aromatic carbocycles. The average molecular weight is 386 g/mol. The first kappa shape index (κ1) is 22.0. The number of H-pyrrole nitrogens is 1. The Labute approximate surface area is 166 Å². The summed E-state index contributed by atoms with van der Waals surface area (Å²) >= 11 is 0. The predicted molar refractivity (Wildman–Crippen MR) is 112 cm³/mol. The molecule has 1 saturated heterocycles. The quantitative estimate of drug-likeness (QED) is 0.632. The molecule has 4 atom stereocenters. The zero-order chi connectivity index (χ0) is 20.7. The summed E-state index contributed by atoms with van der Waals surface area (Å²) in [6, 6.07) is 7.45. The van der Waals surface area contributed by atoms with E-state index in [1.807, 2.05) is 57.2 Å². The highest BCUT2D eigenvalue weighted by Gasteiger charge is 2.37. The molecule has 0 radical (unpaired) electrons. The van der Waals surface area contributed by atoms with Crippen LogP contribution in [0, 0.1) is 0 Å². The lowest BCUT2D eigenvalue weighted by atomic mass is 9.92. The van der Waals surface area contributed by atoms with Crippen LogP contribution in [-0.2, 0) is 4.74 Å². The molecule has 2 aromatic rings. The molecule has 152 valence electrons. The summed E-state index contributed by atoms with van der Waals surface area (Å²) in [6.07, 6.45) is 2.55. The molecule has 0 spiro atoms. The van der Waals surface area contributed by atoms with Crippen molar-refractivity contribution < 1.29 is 20.1 Å². The molecule has 1 aromatic heterocycles. The SMILES string of the molecule is C=Cc1nc(-c2cccc([C@H]3OC(CO)CC(O)C3O)c2)[nH]c1/C=C\C.CC. The Kier molecular flexibility index (Phi) is 8.14. The van der Waals surface area contributed by atoms with Crippen molar-refractivity contribution >= 4 is 12.2 Å². The van der Waals surface area contributed by atoms with E-state index >= 15 is 0 Å². The number of aliphatic hydroxyl groups is 3. The van der Waals surface area contributed by atoms with E-state index in [9.17, 15) is 15.3 Å². The van der Waals surface area contributed by atoms with Gasteiger partial charge in [-0.3, -0.25) is 0 Å². The number of ether oxygens (including phenoxy) is 1. The molecular formula is C22H30N2O4. The van der Waals surface area contributed by atoms with Crippen molar-refractivity contribution in [1.29, 1.82) is 0 Å². The molecule has 1 aliphatic heterocycles. The highest BCUT2D eigenvalue weighted by molar-refractivity contribution is 5.66. The van der Waals surface area contributed by atoms with Gasteiger partial charge in [-0.2, -0.15) is 0 Å². The zero-order valence-corrected chi connectivity index (χ0v) is 16.7. The summed E-state index contributed by atoms with van der Waals surface area (Å²) in [7, 11) is 0. The van der Waals surface area contributed by atoms with E-state index in [-0.39, 0.29) is 13.0 Å². The van der Waals surface area contributed by atoms with Crippen LogP contribution in [0.2, 0.25) is 0 Å². The van der Waals surface area contributed by atoms with Crippen molar-refractivity contribution in [2.45, 2.75) is 51.6 Å². The number of aliphatic hydroxyl groups excluding tert-OH is 3. The van der Waals surface area contributed by atoms with Crippen molar-refractivity contribution in [2.75, 3.05) is 6.61 Å². The van der Waals surface area contributed by atoms with Crippen LogP contribution in [0.3, 0.4) is 0 Å². The third kappa shape index (κ3) is 4.77. The van der Waals surface area contributed by atoms with Crippen LogP contribution in [0.4, 0.5) is 0 Å². The maximum atomic E-state index is 10.3. The Morgan fingerprint density at radius 3 is 2.71 bits per heavy atom. The molecule has 1 fully saturated rings. The number of hydrogen-bond acceptors (Lipinski definition) is 5. The molecule has 0 aliphatic carbocycles. The summed E-state index contributed by atoms with van der Waals surface area (Å²) < 4.78 is 5.77. The van der Waals surface area contributed by atoms with Gasteiger partial charge in [0.15, 0.2) is 0 Å². The monoisotopic (exact) mass is 386 g/mol. The van der Waals surface area contributed by atoms with Crippen LogP contribution in [-0.4, -0.2) is 50.2 Å². The molecule has 1 aliphatic rings. The van der Waals surface area contributed by atoms with E-state index in [0.29, 0.717) is 5.82 Å². The minimum atomic E-state index is -1.05. The third-order valence-corrected chi connectivity index (χ3v) is 4.53. The number of allylic oxidation sites excluding steroid dienone is 1. The van der Waals surface area contributed by atoms with Crippen LogP contribution < -0.4 is 0 Å². The lowest BCUT2D eigenvalue weighted by Gasteiger charge is -2.36. The maximum Gasteiger partial charge on any atom is 0.138 e. The van der Waals surface area contributed by atoms with Gasteiger partial charge < -0.3 is 25.0 Å². The fraction of sp³-hybridized carbons (Fsp3) is 0.409. The van der Waals surface area contributed by atoms with Gasteiger partial charge in [0.2, 0.25) is 0 Å². The minimum Gasteiger partial charge on any atom is -0.394 e. The first-order valence-corrected chi connectivity index (χ1v) is 9.65. The van der Waals surface area contributed by atoms with Gasteiger partial charge in [-0.25, -0.2) is 4.98 Å². The molecule has 2 heterocycles. The predicted octanol–water partition coefficient (Wildman–Crippen LogP) is 3.32. The van der Waals surface area contributed by atoms with Crippen molar-refractivity contribution in [3.05, 3.63) is 53.9 Å². The average Bonchev–Trinajstić information content (AvgIpc) is 3.15. The highest BCUT2D eigenvalue weighted by Crippen LogP contribution is 2.33. The smallest absolute Gasteiger partial charge is 0.138 e. The summed E-state index contributed by atoms with van der Waals surface area (Å²) in [5, 5.41) is 29.7. The first-order chi connectivity index (χ1) is 13.6. The number of hydrogen-bond donors (Lipinski definition) is 4. The fourth-order valence-corrected chi connectivity index (χ4v) is 3.20. The maximum absolute atomic E-state index is 10.3. The Morgan fingerprint density at radius 2 is 2.07 bits per heavy atom. The number of nitrogens with zero attached hydrogens (tertiary/aromatic N) is 1. The zero-order valence-electron chi connectivity index (χ0n) is 16.7. The van der Waals surface area contributed by atoms with Gasteiger partial charge in [-0.1, -0.05) is 44.7 Å². The van der Waals surface area contributed by atoms with E-state index < -0.39 is 24.4 Å². The minimum absolute atomic E-state index is 0.201. The molecule has 28 heavy (non-hydrogen) atoms. The van der Waals surface area contributed by atoms with E-state index in [2.05, 4.69) is 16.5 Å². The second kappa shape index (κ2) is 10.3. The molecule has 3 unspecified atom stereocenters. The second-order valence-electron chi connectivity index (χ2n) is 6.37. The molecule has 0 amide bonds. The second-order valence-corrected chi connectivity index (χ2v) is 6.37. The standard InChI is InChI=1S/C20H24N2O4.C2H6/c1-3-6-16-15(4-2)21-20(22-16)13-8-5-7-12(9-13)19-18(25)17(24)10-14(11-23)26-19;1-2/h3-9,14,17-19,23-25H,2,10-11H2,1H3,(H,21,22);1-2H3/b6-3-;/t14?,17?,18?,19-;/m1./s1. The Hall–Kier alpha value is -2.25. The largest absolute Gasteiger partial charge is 0.394 e. The van der Waals surface area contributed by atoms with Crippen LogP contribution >= 0.6 is 0 Å². The van der Waals surface area contributed by atoms with Crippen molar-refractivity contribution in [3.63, 3.8) is 0 Å². The molecule has 6 heteroatoms. The summed E-state index contributed by atoms with van der Waals surface area (Å²) in [6.45, 7) is 9.52. The number of rotatable bonds is 5. The van der Waals surface area contributed by atoms with Crippen LogP contribution in [0.15, 0.2) is 36.9 Å². The third-order valence-electron chi connectivity index (χ3n) is 4.53. The van der Waals surface area contributed by atoms with Crippen LogP contribution in [0.25, 0.3) is 23.5 Å². The van der Waals surface area contributed by atoms with Crippen LogP contribution in [0.5, 0.6) is 0 Å². The van der Waals surface area contributed by atoms with Crippen molar-refractivity contribution in [1.82, 2.24) is 9.97 Å². The molecule has 6 nitrogen and oxygen atoms in total. The summed E-state index contributed by atoms with van der Waals surface area (Å²) in [5.41, 5.74) is 3.18. The summed E-state index contributed by atoms with van der Waals surface area (Å²) in [4.78, 5) is 7.81. The summed E-state index contributed by atoms with van der Waals surface area (Å²) in [5.74, 6) is 0.680. The molecular weight excluding hydrogens is 356 g/mol. The van der Waals surface area contributed by atoms with Gasteiger partial charge >= 0.3 is 0 Å². The van der Waals surface area contributed by atoms with Gasteiger partial charge in [0.05, 0.1) is 30.2 Å². The van der Waals surface area contributed by atoms with E-state index in [4.69, 9.17) is 4.74 Å². The number of aromatic amines is 1. The lowest BCUT2D eigenvalue weighted by Crippen LogP contribution is -2.44. The molecule has 3 rings (SSSR count). The molecule has 0 saturated carbocycles. The Bertz CT molecular complexity index is 800. The Balaban J connectivity index is 0.00000136.